The van der Waals surface area contributed by atoms with E-state index in [-0.39, 0.29) is 0 Å². The number of alkyl halides is 1. The Morgan fingerprint density at radius 1 is 1.40 bits per heavy atom. The van der Waals surface area contributed by atoms with E-state index in [2.05, 4.69) is 51.2 Å². The molecule has 2 aromatic rings. The highest BCUT2D eigenvalue weighted by Gasteiger charge is 2.13. The maximum atomic E-state index is 4.37. The van der Waals surface area contributed by atoms with Crippen molar-refractivity contribution in [3.05, 3.63) is 23.5 Å². The van der Waals surface area contributed by atoms with Crippen LogP contribution in [-0.2, 0) is 6.42 Å². The smallest absolute Gasteiger partial charge is 0.126 e. The van der Waals surface area contributed by atoms with Gasteiger partial charge in [0.1, 0.15) is 11.2 Å². The molecule has 2 aromatic heterocycles. The molecule has 0 aromatic carbocycles. The lowest BCUT2D eigenvalue weighted by Gasteiger charge is -2.13. The zero-order valence-corrected chi connectivity index (χ0v) is 11.2. The maximum absolute atomic E-state index is 4.37. The van der Waals surface area contributed by atoms with Crippen LogP contribution in [0.1, 0.15) is 19.5 Å². The first-order valence-electron chi connectivity index (χ1n) is 4.99. The van der Waals surface area contributed by atoms with Gasteiger partial charge in [0.2, 0.25) is 0 Å². The zero-order chi connectivity index (χ0) is 10.8. The zero-order valence-electron chi connectivity index (χ0n) is 8.77. The summed E-state index contributed by atoms with van der Waals surface area (Å²) in [5.74, 6) is 0.619. The fraction of sp³-hybridized carbons (Fsp3) is 0.455. The largest absolute Gasteiger partial charge is 0.241 e. The number of thiophene rings is 1. The lowest BCUT2D eigenvalue weighted by molar-refractivity contribution is 0.609. The fourth-order valence-electron chi connectivity index (χ4n) is 1.42. The first-order chi connectivity index (χ1) is 7.18. The van der Waals surface area contributed by atoms with E-state index in [9.17, 15) is 0 Å². The van der Waals surface area contributed by atoms with E-state index in [4.69, 9.17) is 0 Å². The van der Waals surface area contributed by atoms with E-state index in [0.29, 0.717) is 10.7 Å². The monoisotopic (exact) mass is 284 g/mol. The summed E-state index contributed by atoms with van der Waals surface area (Å²) < 4.78 is 0. The van der Waals surface area contributed by atoms with Crippen LogP contribution in [0.4, 0.5) is 0 Å². The van der Waals surface area contributed by atoms with Crippen LogP contribution in [0.5, 0.6) is 0 Å². The van der Waals surface area contributed by atoms with Crippen LogP contribution in [-0.4, -0.2) is 14.8 Å². The van der Waals surface area contributed by atoms with Gasteiger partial charge in [0.05, 0.1) is 5.69 Å². The predicted molar refractivity (Wildman–Crippen MR) is 68.7 cm³/mol. The molecular formula is C11H13BrN2S. The number of halogens is 1. The minimum atomic E-state index is 0.482. The number of fused-ring (bicyclic) bond motifs is 1. The number of rotatable bonds is 3. The van der Waals surface area contributed by atoms with E-state index in [1.54, 1.807) is 17.7 Å². The van der Waals surface area contributed by atoms with E-state index in [1.807, 2.05) is 0 Å². The third-order valence-corrected chi connectivity index (χ3v) is 4.66. The average molecular weight is 285 g/mol. The second-order valence-corrected chi connectivity index (χ2v) is 5.99. The van der Waals surface area contributed by atoms with Crippen LogP contribution < -0.4 is 0 Å². The molecule has 0 N–H and O–H groups in total. The van der Waals surface area contributed by atoms with Gasteiger partial charge >= 0.3 is 0 Å². The van der Waals surface area contributed by atoms with Gasteiger partial charge in [-0.15, -0.1) is 11.3 Å². The normalized spacial score (nSPS) is 13.6. The maximum Gasteiger partial charge on any atom is 0.126 e. The van der Waals surface area contributed by atoms with Crippen LogP contribution in [0.3, 0.4) is 0 Å². The van der Waals surface area contributed by atoms with Crippen molar-refractivity contribution in [2.75, 3.05) is 0 Å². The summed E-state index contributed by atoms with van der Waals surface area (Å²) in [5, 5.41) is 3.27. The van der Waals surface area contributed by atoms with Crippen molar-refractivity contribution >= 4 is 37.5 Å². The molecule has 0 radical (unpaired) electrons. The first kappa shape index (κ1) is 11.0. The molecule has 15 heavy (non-hydrogen) atoms. The fourth-order valence-corrected chi connectivity index (χ4v) is 2.48. The van der Waals surface area contributed by atoms with Crippen LogP contribution in [0.2, 0.25) is 0 Å². The quantitative estimate of drug-likeness (QED) is 0.804. The number of nitrogens with zero attached hydrogens (tertiary/aromatic N) is 2. The predicted octanol–water partition coefficient (Wildman–Crippen LogP) is 3.65. The van der Waals surface area contributed by atoms with Gasteiger partial charge in [-0.05, 0) is 17.4 Å². The number of hydrogen-bond donors (Lipinski definition) is 0. The molecule has 0 amide bonds. The van der Waals surface area contributed by atoms with E-state index < -0.39 is 0 Å². The highest BCUT2D eigenvalue weighted by atomic mass is 79.9. The summed E-state index contributed by atoms with van der Waals surface area (Å²) in [4.78, 5) is 10.2. The molecule has 0 aliphatic heterocycles. The van der Waals surface area contributed by atoms with Crippen molar-refractivity contribution in [3.63, 3.8) is 0 Å². The topological polar surface area (TPSA) is 25.8 Å². The Morgan fingerprint density at radius 2 is 2.20 bits per heavy atom. The van der Waals surface area contributed by atoms with Crippen LogP contribution in [0.15, 0.2) is 17.8 Å². The summed E-state index contributed by atoms with van der Waals surface area (Å²) >= 11 is 5.37. The lowest BCUT2D eigenvalue weighted by Crippen LogP contribution is -2.11. The molecule has 0 fully saturated rings. The molecular weight excluding hydrogens is 272 g/mol. The first-order valence-corrected chi connectivity index (χ1v) is 6.79. The Hall–Kier alpha value is -0.480. The summed E-state index contributed by atoms with van der Waals surface area (Å²) in [6, 6.07) is 2.11. The third kappa shape index (κ3) is 2.37. The number of hydrogen-bond acceptors (Lipinski definition) is 3. The molecule has 0 spiro atoms. The Kier molecular flexibility index (Phi) is 3.36. The lowest BCUT2D eigenvalue weighted by atomic mass is 10.0. The van der Waals surface area contributed by atoms with Crippen molar-refractivity contribution in [1.82, 2.24) is 9.97 Å². The molecule has 1 atom stereocenters. The van der Waals surface area contributed by atoms with Crippen molar-refractivity contribution < 1.29 is 0 Å². The number of aromatic nitrogens is 2. The molecule has 2 rings (SSSR count). The summed E-state index contributed by atoms with van der Waals surface area (Å²) in [6.45, 7) is 4.43. The van der Waals surface area contributed by atoms with Gasteiger partial charge in [-0.3, -0.25) is 0 Å². The van der Waals surface area contributed by atoms with Crippen LogP contribution in [0, 0.1) is 5.92 Å². The molecule has 4 heteroatoms. The van der Waals surface area contributed by atoms with Crippen molar-refractivity contribution in [2.45, 2.75) is 25.1 Å². The molecule has 0 bridgehead atoms. The second kappa shape index (κ2) is 4.58. The second-order valence-electron chi connectivity index (χ2n) is 3.92. The Labute approximate surface area is 102 Å². The Balaban J connectivity index is 2.31. The standard InChI is InChI=1S/C11H13BrN2S/c1-7(2)9(12)5-10-8-3-4-15-11(8)14-6-13-10/h3-4,6-7,9H,5H2,1-2H3. The Bertz CT molecular complexity index is 453. The highest BCUT2D eigenvalue weighted by molar-refractivity contribution is 9.09. The van der Waals surface area contributed by atoms with Gasteiger partial charge in [0, 0.05) is 16.6 Å². The molecule has 2 nitrogen and oxygen atoms in total. The van der Waals surface area contributed by atoms with Gasteiger partial charge < -0.3 is 0 Å². The minimum Gasteiger partial charge on any atom is -0.241 e. The third-order valence-electron chi connectivity index (χ3n) is 2.46. The van der Waals surface area contributed by atoms with Gasteiger partial charge in [-0.2, -0.15) is 0 Å². The van der Waals surface area contributed by atoms with Gasteiger partial charge in [-0.1, -0.05) is 29.8 Å². The average Bonchev–Trinajstić information content (AvgIpc) is 2.66. The van der Waals surface area contributed by atoms with E-state index >= 15 is 0 Å². The van der Waals surface area contributed by atoms with Gasteiger partial charge in [0.25, 0.3) is 0 Å². The minimum absolute atomic E-state index is 0.482. The summed E-state index contributed by atoms with van der Waals surface area (Å²) in [6.07, 6.45) is 2.63. The molecule has 2 heterocycles. The van der Waals surface area contributed by atoms with Crippen molar-refractivity contribution in [2.24, 2.45) is 5.92 Å². The SMILES string of the molecule is CC(C)C(Br)Cc1ncnc2sccc12. The molecule has 80 valence electrons. The Morgan fingerprint density at radius 3 is 2.93 bits per heavy atom. The molecule has 0 aliphatic rings. The van der Waals surface area contributed by atoms with E-state index in [1.165, 1.54) is 5.39 Å². The van der Waals surface area contributed by atoms with Crippen LogP contribution in [0.25, 0.3) is 10.2 Å². The molecule has 0 aliphatic carbocycles. The van der Waals surface area contributed by atoms with Gasteiger partial charge in [-0.25, -0.2) is 9.97 Å². The molecule has 1 unspecified atom stereocenters. The highest BCUT2D eigenvalue weighted by Crippen LogP contribution is 2.24. The summed E-state index contributed by atoms with van der Waals surface area (Å²) in [5.41, 5.74) is 1.15. The van der Waals surface area contributed by atoms with Crippen molar-refractivity contribution in [3.8, 4) is 0 Å². The van der Waals surface area contributed by atoms with Crippen molar-refractivity contribution in [1.29, 1.82) is 0 Å². The molecule has 0 saturated heterocycles. The molecule has 0 saturated carbocycles. The van der Waals surface area contributed by atoms with Crippen LogP contribution >= 0.6 is 27.3 Å². The van der Waals surface area contributed by atoms with E-state index in [0.717, 1.165) is 16.9 Å². The summed E-state index contributed by atoms with van der Waals surface area (Å²) in [7, 11) is 0. The van der Waals surface area contributed by atoms with Gasteiger partial charge in [0.15, 0.2) is 0 Å².